The Morgan fingerprint density at radius 2 is 1.37 bits per heavy atom. The van der Waals surface area contributed by atoms with Gasteiger partial charge in [-0.2, -0.15) is 0 Å². The largest absolute Gasteiger partial charge is 0.493 e. The van der Waals surface area contributed by atoms with Crippen LogP contribution in [0.1, 0.15) is 35.1 Å². The Morgan fingerprint density at radius 1 is 0.816 bits per heavy atom. The predicted octanol–water partition coefficient (Wildman–Crippen LogP) is 5.61. The molecule has 0 bridgehead atoms. The molecule has 0 radical (unpaired) electrons. The summed E-state index contributed by atoms with van der Waals surface area (Å²) in [4.78, 5) is 26.4. The Kier molecular flexibility index (Phi) is 8.44. The normalized spacial score (nSPS) is 12.4. The van der Waals surface area contributed by atoms with Crippen LogP contribution in [0.5, 0.6) is 11.5 Å². The molecule has 0 unspecified atom stereocenters. The molecule has 6 nitrogen and oxygen atoms in total. The number of nitrogens with one attached hydrogen (secondary N) is 1. The van der Waals surface area contributed by atoms with Crippen LogP contribution in [0.4, 0.5) is 0 Å². The lowest BCUT2D eigenvalue weighted by molar-refractivity contribution is -0.147. The number of carbonyl (C=O) groups excluding carboxylic acids is 1. The molecule has 0 fully saturated rings. The number of hydrogen-bond donors (Lipinski definition) is 2. The fourth-order valence-corrected chi connectivity index (χ4v) is 4.44. The molecule has 4 aromatic carbocycles. The van der Waals surface area contributed by atoms with E-state index in [1.54, 1.807) is 18.2 Å². The molecule has 0 heterocycles. The first-order valence-electron chi connectivity index (χ1n) is 12.4. The molecule has 0 aromatic heterocycles. The predicted molar refractivity (Wildman–Crippen MR) is 146 cm³/mol. The second-order valence-corrected chi connectivity index (χ2v) is 9.28. The average Bonchev–Trinajstić information content (AvgIpc) is 2.94. The van der Waals surface area contributed by atoms with E-state index >= 15 is 0 Å². The highest BCUT2D eigenvalue weighted by Gasteiger charge is 2.38. The van der Waals surface area contributed by atoms with Crippen LogP contribution in [0.3, 0.4) is 0 Å². The number of para-hydroxylation sites is 1. The Morgan fingerprint density at radius 3 is 1.89 bits per heavy atom. The SMILES string of the molecule is COc1cccc(C[C@@](C)(NC(=O)C(c2ccccc2)c2ccccc2)C(=O)O)c1OCc1ccccc1. The van der Waals surface area contributed by atoms with Gasteiger partial charge in [0.15, 0.2) is 11.5 Å². The van der Waals surface area contributed by atoms with Crippen LogP contribution in [-0.4, -0.2) is 29.6 Å². The lowest BCUT2D eigenvalue weighted by Crippen LogP contribution is -2.55. The molecular formula is C32H31NO5. The Labute approximate surface area is 222 Å². The quantitative estimate of drug-likeness (QED) is 0.275. The third-order valence-corrected chi connectivity index (χ3v) is 6.45. The zero-order valence-corrected chi connectivity index (χ0v) is 21.5. The van der Waals surface area contributed by atoms with Crippen molar-refractivity contribution in [3.63, 3.8) is 0 Å². The highest BCUT2D eigenvalue weighted by molar-refractivity contribution is 5.92. The number of ether oxygens (including phenoxy) is 2. The molecule has 4 rings (SSSR count). The van der Waals surface area contributed by atoms with Gasteiger partial charge in [0.05, 0.1) is 13.0 Å². The summed E-state index contributed by atoms with van der Waals surface area (Å²) < 4.78 is 11.7. The minimum absolute atomic E-state index is 0.00824. The summed E-state index contributed by atoms with van der Waals surface area (Å²) >= 11 is 0. The molecule has 0 saturated heterocycles. The van der Waals surface area contributed by atoms with E-state index in [1.165, 1.54) is 14.0 Å². The van der Waals surface area contributed by atoms with Gasteiger partial charge in [-0.15, -0.1) is 0 Å². The molecular weight excluding hydrogens is 478 g/mol. The van der Waals surface area contributed by atoms with E-state index in [4.69, 9.17) is 9.47 Å². The van der Waals surface area contributed by atoms with Gasteiger partial charge in [-0.05, 0) is 29.7 Å². The van der Waals surface area contributed by atoms with Gasteiger partial charge in [0, 0.05) is 12.0 Å². The van der Waals surface area contributed by atoms with Gasteiger partial charge in [-0.1, -0.05) is 103 Å². The van der Waals surface area contributed by atoms with Crippen molar-refractivity contribution in [2.24, 2.45) is 0 Å². The third kappa shape index (κ3) is 6.21. The molecule has 0 aliphatic rings. The molecule has 1 amide bonds. The van der Waals surface area contributed by atoms with E-state index in [9.17, 15) is 14.7 Å². The fourth-order valence-electron chi connectivity index (χ4n) is 4.44. The second-order valence-electron chi connectivity index (χ2n) is 9.28. The van der Waals surface area contributed by atoms with Gasteiger partial charge in [0.1, 0.15) is 12.1 Å². The Hall–Kier alpha value is -4.58. The number of amides is 1. The zero-order valence-electron chi connectivity index (χ0n) is 21.5. The monoisotopic (exact) mass is 509 g/mol. The molecule has 6 heteroatoms. The van der Waals surface area contributed by atoms with Gasteiger partial charge in [-0.25, -0.2) is 4.79 Å². The minimum atomic E-state index is -1.61. The molecule has 194 valence electrons. The van der Waals surface area contributed by atoms with Crippen LogP contribution in [-0.2, 0) is 22.6 Å². The Balaban J connectivity index is 1.64. The summed E-state index contributed by atoms with van der Waals surface area (Å²) in [7, 11) is 1.54. The molecule has 0 saturated carbocycles. The van der Waals surface area contributed by atoms with Crippen molar-refractivity contribution in [3.05, 3.63) is 131 Å². The average molecular weight is 510 g/mol. The maximum absolute atomic E-state index is 13.7. The first-order valence-corrected chi connectivity index (χ1v) is 12.4. The van der Waals surface area contributed by atoms with E-state index in [0.29, 0.717) is 17.1 Å². The van der Waals surface area contributed by atoms with Crippen LogP contribution < -0.4 is 14.8 Å². The van der Waals surface area contributed by atoms with E-state index in [-0.39, 0.29) is 13.0 Å². The van der Waals surface area contributed by atoms with Crippen molar-refractivity contribution in [1.29, 1.82) is 0 Å². The zero-order chi connectivity index (χ0) is 27.0. The van der Waals surface area contributed by atoms with Crippen LogP contribution in [0.2, 0.25) is 0 Å². The lowest BCUT2D eigenvalue weighted by Gasteiger charge is -2.30. The number of carboxylic acid groups (broad SMARTS) is 1. The van der Waals surface area contributed by atoms with Crippen molar-refractivity contribution in [1.82, 2.24) is 5.32 Å². The molecule has 38 heavy (non-hydrogen) atoms. The smallest absolute Gasteiger partial charge is 0.329 e. The van der Waals surface area contributed by atoms with E-state index in [0.717, 1.165) is 16.7 Å². The molecule has 0 aliphatic carbocycles. The van der Waals surface area contributed by atoms with Crippen LogP contribution in [0.25, 0.3) is 0 Å². The van der Waals surface area contributed by atoms with Crippen molar-refractivity contribution in [2.75, 3.05) is 7.11 Å². The van der Waals surface area contributed by atoms with Gasteiger partial charge in [-0.3, -0.25) is 4.79 Å². The molecule has 4 aromatic rings. The first-order chi connectivity index (χ1) is 18.4. The summed E-state index contributed by atoms with van der Waals surface area (Å²) in [5.41, 5.74) is 1.51. The van der Waals surface area contributed by atoms with Gasteiger partial charge in [0.2, 0.25) is 5.91 Å². The van der Waals surface area contributed by atoms with Crippen molar-refractivity contribution >= 4 is 11.9 Å². The standard InChI is InChI=1S/C32H31NO5/c1-32(31(35)36,33-30(34)28(24-15-8-4-9-16-24)25-17-10-5-11-18-25)21-26-19-12-20-27(37-2)29(26)38-22-23-13-6-3-7-14-23/h3-20,28H,21-22H2,1-2H3,(H,33,34)(H,35,36)/t32-/m1/s1. The number of carboxylic acids is 1. The number of benzene rings is 4. The fraction of sp³-hybridized carbons (Fsp3) is 0.188. The molecule has 0 aliphatic heterocycles. The summed E-state index contributed by atoms with van der Waals surface area (Å²) in [6.07, 6.45) is -0.00824. The number of rotatable bonds is 11. The molecule has 0 spiro atoms. The van der Waals surface area contributed by atoms with Crippen molar-refractivity contribution in [3.8, 4) is 11.5 Å². The van der Waals surface area contributed by atoms with Crippen LogP contribution in [0, 0.1) is 0 Å². The maximum Gasteiger partial charge on any atom is 0.329 e. The Bertz CT molecular complexity index is 1320. The minimum Gasteiger partial charge on any atom is -0.493 e. The molecule has 2 N–H and O–H groups in total. The van der Waals surface area contributed by atoms with Gasteiger partial charge >= 0.3 is 5.97 Å². The molecule has 1 atom stereocenters. The third-order valence-electron chi connectivity index (χ3n) is 6.45. The van der Waals surface area contributed by atoms with Gasteiger partial charge in [0.25, 0.3) is 0 Å². The topological polar surface area (TPSA) is 84.9 Å². The van der Waals surface area contributed by atoms with Crippen molar-refractivity contribution < 1.29 is 24.2 Å². The first kappa shape index (κ1) is 26.5. The second kappa shape index (κ2) is 12.1. The van der Waals surface area contributed by atoms with E-state index in [2.05, 4.69) is 5.32 Å². The van der Waals surface area contributed by atoms with Crippen molar-refractivity contribution in [2.45, 2.75) is 31.4 Å². The number of methoxy groups -OCH3 is 1. The summed E-state index contributed by atoms with van der Waals surface area (Å²) in [5.74, 6) is -1.29. The number of hydrogen-bond acceptors (Lipinski definition) is 4. The highest BCUT2D eigenvalue weighted by atomic mass is 16.5. The lowest BCUT2D eigenvalue weighted by atomic mass is 9.87. The summed E-state index contributed by atoms with van der Waals surface area (Å²) in [6, 6.07) is 33.7. The maximum atomic E-state index is 13.7. The van der Waals surface area contributed by atoms with Crippen LogP contribution >= 0.6 is 0 Å². The van der Waals surface area contributed by atoms with E-state index < -0.39 is 23.3 Å². The summed E-state index contributed by atoms with van der Waals surface area (Å²) in [5, 5.41) is 13.1. The summed E-state index contributed by atoms with van der Waals surface area (Å²) in [6.45, 7) is 1.80. The number of carbonyl (C=O) groups is 2. The van der Waals surface area contributed by atoms with E-state index in [1.807, 2.05) is 91.0 Å². The van der Waals surface area contributed by atoms with Gasteiger partial charge < -0.3 is 19.9 Å². The number of aliphatic carboxylic acids is 1. The van der Waals surface area contributed by atoms with Crippen LogP contribution in [0.15, 0.2) is 109 Å². The highest BCUT2D eigenvalue weighted by Crippen LogP contribution is 2.35.